The van der Waals surface area contributed by atoms with Gasteiger partial charge in [-0.3, -0.25) is 0 Å². The number of hydrogen-bond acceptors (Lipinski definition) is 1. The fourth-order valence-corrected chi connectivity index (χ4v) is 2.69. The van der Waals surface area contributed by atoms with Crippen LogP contribution in [0.4, 0.5) is 0 Å². The molecule has 0 radical (unpaired) electrons. The topological polar surface area (TPSA) is 12.0 Å². The van der Waals surface area contributed by atoms with Crippen LogP contribution in [0.3, 0.4) is 0 Å². The third-order valence-electron chi connectivity index (χ3n) is 3.37. The Balaban J connectivity index is 4.33. The van der Waals surface area contributed by atoms with Gasteiger partial charge in [0.1, 0.15) is 0 Å². The fourth-order valence-electron chi connectivity index (χ4n) is 2.69. The van der Waals surface area contributed by atoms with E-state index in [9.17, 15) is 0 Å². The summed E-state index contributed by atoms with van der Waals surface area (Å²) in [7, 11) is 2.07. The van der Waals surface area contributed by atoms with Gasteiger partial charge >= 0.3 is 0 Å². The third-order valence-corrected chi connectivity index (χ3v) is 3.37. The monoisotopic (exact) mass is 185 g/mol. The van der Waals surface area contributed by atoms with E-state index >= 15 is 0 Å². The van der Waals surface area contributed by atoms with Gasteiger partial charge in [-0.2, -0.15) is 0 Å². The summed E-state index contributed by atoms with van der Waals surface area (Å²) in [5.74, 6) is 0.875. The summed E-state index contributed by atoms with van der Waals surface area (Å²) >= 11 is 0. The van der Waals surface area contributed by atoms with E-state index in [1.54, 1.807) is 0 Å². The molecule has 0 saturated carbocycles. The minimum atomic E-state index is 0.507. The van der Waals surface area contributed by atoms with Crippen LogP contribution in [0.15, 0.2) is 0 Å². The molecule has 13 heavy (non-hydrogen) atoms. The van der Waals surface area contributed by atoms with Crippen molar-refractivity contribution >= 4 is 0 Å². The standard InChI is InChI=1S/C12H27N/c1-6-9-12(4,10-13-5)11(7-2)8-3/h11,13H,6-10H2,1-5H3. The molecule has 1 heteroatoms. The van der Waals surface area contributed by atoms with Crippen LogP contribution in [0.5, 0.6) is 0 Å². The smallest absolute Gasteiger partial charge is 0.000481 e. The summed E-state index contributed by atoms with van der Waals surface area (Å²) in [5, 5.41) is 3.34. The van der Waals surface area contributed by atoms with Crippen molar-refractivity contribution < 1.29 is 0 Å². The number of rotatable bonds is 7. The molecule has 0 bridgehead atoms. The van der Waals surface area contributed by atoms with Crippen LogP contribution in [0.25, 0.3) is 0 Å². The molecule has 80 valence electrons. The van der Waals surface area contributed by atoms with Crippen LogP contribution in [0.1, 0.15) is 53.4 Å². The summed E-state index contributed by atoms with van der Waals surface area (Å²) in [6, 6.07) is 0. The molecule has 0 heterocycles. The maximum absolute atomic E-state index is 3.34. The molecule has 0 spiro atoms. The van der Waals surface area contributed by atoms with Gasteiger partial charge in [0.15, 0.2) is 0 Å². The minimum absolute atomic E-state index is 0.507. The molecule has 0 amide bonds. The van der Waals surface area contributed by atoms with Crippen LogP contribution >= 0.6 is 0 Å². The van der Waals surface area contributed by atoms with Crippen molar-refractivity contribution in [3.05, 3.63) is 0 Å². The molecule has 1 N–H and O–H groups in total. The molecule has 0 rings (SSSR count). The van der Waals surface area contributed by atoms with Crippen LogP contribution < -0.4 is 5.32 Å². The van der Waals surface area contributed by atoms with Crippen molar-refractivity contribution in [2.45, 2.75) is 53.4 Å². The van der Waals surface area contributed by atoms with Crippen molar-refractivity contribution in [1.29, 1.82) is 0 Å². The van der Waals surface area contributed by atoms with Crippen molar-refractivity contribution in [3.63, 3.8) is 0 Å². The second-order valence-corrected chi connectivity index (χ2v) is 4.45. The van der Waals surface area contributed by atoms with E-state index < -0.39 is 0 Å². The SMILES string of the molecule is CCCC(C)(CNC)C(CC)CC. The van der Waals surface area contributed by atoms with Crippen LogP contribution in [-0.2, 0) is 0 Å². The van der Waals surface area contributed by atoms with Crippen LogP contribution in [0.2, 0.25) is 0 Å². The van der Waals surface area contributed by atoms with Crippen molar-refractivity contribution in [3.8, 4) is 0 Å². The maximum atomic E-state index is 3.34. The van der Waals surface area contributed by atoms with E-state index in [0.717, 1.165) is 12.5 Å². The first-order valence-corrected chi connectivity index (χ1v) is 5.79. The molecule has 0 aliphatic heterocycles. The molecule has 1 unspecified atom stereocenters. The van der Waals surface area contributed by atoms with Gasteiger partial charge in [0.2, 0.25) is 0 Å². The molecule has 0 aliphatic rings. The summed E-state index contributed by atoms with van der Waals surface area (Å²) in [6.07, 6.45) is 5.28. The molecule has 0 aromatic carbocycles. The summed E-state index contributed by atoms with van der Waals surface area (Å²) in [5.41, 5.74) is 0.507. The number of hydrogen-bond donors (Lipinski definition) is 1. The molecule has 0 fully saturated rings. The Kier molecular flexibility index (Phi) is 6.40. The zero-order valence-corrected chi connectivity index (χ0v) is 10.1. The van der Waals surface area contributed by atoms with Gasteiger partial charge in [-0.15, -0.1) is 0 Å². The zero-order chi connectivity index (χ0) is 10.3. The minimum Gasteiger partial charge on any atom is -0.319 e. The lowest BCUT2D eigenvalue weighted by molar-refractivity contribution is 0.154. The van der Waals surface area contributed by atoms with Crippen LogP contribution in [-0.4, -0.2) is 13.6 Å². The normalized spacial score (nSPS) is 16.2. The van der Waals surface area contributed by atoms with E-state index in [1.165, 1.54) is 25.7 Å². The summed E-state index contributed by atoms with van der Waals surface area (Å²) in [4.78, 5) is 0. The largest absolute Gasteiger partial charge is 0.319 e. The van der Waals surface area contributed by atoms with Gasteiger partial charge in [0, 0.05) is 6.54 Å². The lowest BCUT2D eigenvalue weighted by Crippen LogP contribution is -2.36. The van der Waals surface area contributed by atoms with Gasteiger partial charge < -0.3 is 5.32 Å². The number of nitrogens with one attached hydrogen (secondary N) is 1. The zero-order valence-electron chi connectivity index (χ0n) is 10.1. The Bertz CT molecular complexity index is 110. The highest BCUT2D eigenvalue weighted by atomic mass is 14.8. The van der Waals surface area contributed by atoms with Gasteiger partial charge in [0.25, 0.3) is 0 Å². The average molecular weight is 185 g/mol. The van der Waals surface area contributed by atoms with Gasteiger partial charge in [-0.1, -0.05) is 47.0 Å². The Hall–Kier alpha value is -0.0400. The van der Waals surface area contributed by atoms with Gasteiger partial charge in [-0.25, -0.2) is 0 Å². The van der Waals surface area contributed by atoms with E-state index in [0.29, 0.717) is 5.41 Å². The highest BCUT2D eigenvalue weighted by Gasteiger charge is 2.29. The van der Waals surface area contributed by atoms with E-state index in [4.69, 9.17) is 0 Å². The fraction of sp³-hybridized carbons (Fsp3) is 1.00. The molecule has 0 saturated heterocycles. The first-order valence-electron chi connectivity index (χ1n) is 5.79. The van der Waals surface area contributed by atoms with Crippen LogP contribution in [0, 0.1) is 11.3 Å². The Labute approximate surface area is 84.3 Å². The first kappa shape index (κ1) is 13.0. The second kappa shape index (κ2) is 6.42. The molecule has 0 aromatic heterocycles. The van der Waals surface area contributed by atoms with E-state index in [1.807, 2.05) is 0 Å². The third kappa shape index (κ3) is 3.68. The average Bonchev–Trinajstić information content (AvgIpc) is 2.07. The van der Waals surface area contributed by atoms with Crippen molar-refractivity contribution in [1.82, 2.24) is 5.32 Å². The molecule has 1 nitrogen and oxygen atoms in total. The molecule has 0 aliphatic carbocycles. The quantitative estimate of drug-likeness (QED) is 0.640. The van der Waals surface area contributed by atoms with E-state index in [-0.39, 0.29) is 0 Å². The lowest BCUT2D eigenvalue weighted by atomic mass is 9.71. The predicted octanol–water partition coefficient (Wildman–Crippen LogP) is 3.45. The highest BCUT2D eigenvalue weighted by Crippen LogP contribution is 2.36. The Morgan fingerprint density at radius 3 is 2.00 bits per heavy atom. The predicted molar refractivity (Wildman–Crippen MR) is 61.0 cm³/mol. The van der Waals surface area contributed by atoms with Crippen molar-refractivity contribution in [2.75, 3.05) is 13.6 Å². The Morgan fingerprint density at radius 1 is 1.15 bits per heavy atom. The van der Waals surface area contributed by atoms with Gasteiger partial charge in [0.05, 0.1) is 0 Å². The molecule has 0 aromatic rings. The molecular formula is C12H27N. The highest BCUT2D eigenvalue weighted by molar-refractivity contribution is 4.82. The Morgan fingerprint density at radius 2 is 1.69 bits per heavy atom. The lowest BCUT2D eigenvalue weighted by Gasteiger charge is -2.37. The van der Waals surface area contributed by atoms with Gasteiger partial charge in [-0.05, 0) is 24.8 Å². The first-order chi connectivity index (χ1) is 6.14. The second-order valence-electron chi connectivity index (χ2n) is 4.45. The summed E-state index contributed by atoms with van der Waals surface area (Å²) in [6.45, 7) is 10.5. The van der Waals surface area contributed by atoms with E-state index in [2.05, 4.69) is 40.1 Å². The molecular weight excluding hydrogens is 158 g/mol. The maximum Gasteiger partial charge on any atom is 0.000481 e. The summed E-state index contributed by atoms with van der Waals surface area (Å²) < 4.78 is 0. The van der Waals surface area contributed by atoms with Crippen molar-refractivity contribution in [2.24, 2.45) is 11.3 Å². The molecule has 1 atom stereocenters.